The van der Waals surface area contributed by atoms with Crippen molar-refractivity contribution in [1.82, 2.24) is 46.2 Å². The fourth-order valence-corrected chi connectivity index (χ4v) is 3.02. The highest BCUT2D eigenvalue weighted by molar-refractivity contribution is 5.94. The summed E-state index contributed by atoms with van der Waals surface area (Å²) in [4.78, 5) is 21.3. The van der Waals surface area contributed by atoms with Crippen LogP contribution in [0.25, 0.3) is 11.6 Å². The lowest BCUT2D eigenvalue weighted by molar-refractivity contribution is 0.0874. The van der Waals surface area contributed by atoms with E-state index in [2.05, 4.69) is 46.2 Å². The third-order valence-electron chi connectivity index (χ3n) is 4.48. The van der Waals surface area contributed by atoms with E-state index in [1.54, 1.807) is 0 Å². The molecule has 11 heteroatoms. The number of carbonyl (C=O) groups excluding carboxylic acids is 1. The summed E-state index contributed by atoms with van der Waals surface area (Å²) in [6, 6.07) is -0.502. The van der Waals surface area contributed by atoms with Gasteiger partial charge in [-0.2, -0.15) is 15.2 Å². The number of amides is 1. The van der Waals surface area contributed by atoms with Crippen LogP contribution in [0.2, 0.25) is 0 Å². The standard InChI is InChI=1S/C16H21N9O2/c1-16(2,3)11(15-21-13(25-27-15)12-18-7-19-24-12)20-14(26)10-8-6-17-5-4-9(8)22-23-10/h7,11,17H,4-6H2,1-3H3,(H,20,26)(H,22,23)(H,18,19,24). The molecule has 4 heterocycles. The molecule has 4 N–H and O–H groups in total. The van der Waals surface area contributed by atoms with Crippen molar-refractivity contribution in [3.63, 3.8) is 0 Å². The Hall–Kier alpha value is -3.08. The van der Waals surface area contributed by atoms with Crippen LogP contribution in [-0.4, -0.2) is 48.0 Å². The summed E-state index contributed by atoms with van der Waals surface area (Å²) in [5.74, 6) is 0.698. The fraction of sp³-hybridized carbons (Fsp3) is 0.500. The molecule has 1 atom stereocenters. The number of hydrogen-bond donors (Lipinski definition) is 4. The summed E-state index contributed by atoms with van der Waals surface area (Å²) in [5.41, 5.74) is 1.92. The van der Waals surface area contributed by atoms with Gasteiger partial charge in [-0.3, -0.25) is 15.0 Å². The van der Waals surface area contributed by atoms with E-state index in [4.69, 9.17) is 4.52 Å². The molecule has 3 aromatic heterocycles. The van der Waals surface area contributed by atoms with E-state index in [0.717, 1.165) is 24.2 Å². The molecule has 0 saturated heterocycles. The van der Waals surface area contributed by atoms with Gasteiger partial charge in [0.1, 0.15) is 12.4 Å². The highest BCUT2D eigenvalue weighted by atomic mass is 16.5. The lowest BCUT2D eigenvalue weighted by Crippen LogP contribution is -2.38. The first-order valence-corrected chi connectivity index (χ1v) is 8.70. The lowest BCUT2D eigenvalue weighted by Gasteiger charge is -2.28. The van der Waals surface area contributed by atoms with Crippen molar-refractivity contribution in [2.45, 2.75) is 39.8 Å². The van der Waals surface area contributed by atoms with Gasteiger partial charge in [-0.15, -0.1) is 0 Å². The van der Waals surface area contributed by atoms with Gasteiger partial charge in [0.05, 0.1) is 0 Å². The maximum atomic E-state index is 12.9. The molecule has 4 rings (SSSR count). The highest BCUT2D eigenvalue weighted by Crippen LogP contribution is 2.33. The Morgan fingerprint density at radius 2 is 2.19 bits per heavy atom. The minimum absolute atomic E-state index is 0.282. The molecule has 0 saturated carbocycles. The van der Waals surface area contributed by atoms with Crippen LogP contribution in [0.15, 0.2) is 10.9 Å². The van der Waals surface area contributed by atoms with E-state index in [0.29, 0.717) is 24.0 Å². The second-order valence-electron chi connectivity index (χ2n) is 7.52. The third kappa shape index (κ3) is 3.33. The number of nitrogens with one attached hydrogen (secondary N) is 4. The molecular weight excluding hydrogens is 350 g/mol. The van der Waals surface area contributed by atoms with Gasteiger partial charge >= 0.3 is 0 Å². The summed E-state index contributed by atoms with van der Waals surface area (Å²) in [6.45, 7) is 7.44. The van der Waals surface area contributed by atoms with Crippen LogP contribution in [0.4, 0.5) is 0 Å². The molecule has 1 amide bonds. The van der Waals surface area contributed by atoms with Gasteiger partial charge in [-0.25, -0.2) is 4.98 Å². The Morgan fingerprint density at radius 3 is 2.93 bits per heavy atom. The van der Waals surface area contributed by atoms with Crippen molar-refractivity contribution in [1.29, 1.82) is 0 Å². The number of nitrogens with zero attached hydrogens (tertiary/aromatic N) is 5. The molecule has 0 bridgehead atoms. The van der Waals surface area contributed by atoms with Gasteiger partial charge in [-0.1, -0.05) is 25.9 Å². The molecular formula is C16H21N9O2. The molecule has 27 heavy (non-hydrogen) atoms. The zero-order valence-corrected chi connectivity index (χ0v) is 15.3. The quantitative estimate of drug-likeness (QED) is 0.524. The molecule has 142 valence electrons. The fourth-order valence-electron chi connectivity index (χ4n) is 3.02. The number of aromatic amines is 2. The zero-order valence-electron chi connectivity index (χ0n) is 15.3. The lowest BCUT2D eigenvalue weighted by atomic mass is 9.86. The van der Waals surface area contributed by atoms with E-state index in [1.165, 1.54) is 6.33 Å². The minimum Gasteiger partial charge on any atom is -0.338 e. The summed E-state index contributed by atoms with van der Waals surface area (Å²) < 4.78 is 5.40. The molecule has 1 aliphatic heterocycles. The zero-order chi connectivity index (χ0) is 19.0. The first-order chi connectivity index (χ1) is 12.9. The SMILES string of the molecule is CC(C)(C)C(NC(=O)c1n[nH]c2c1CNCC2)c1nc(-c2ncn[nH]2)no1. The summed E-state index contributed by atoms with van der Waals surface area (Å²) >= 11 is 0. The first kappa shape index (κ1) is 17.3. The Labute approximate surface area is 154 Å². The summed E-state index contributed by atoms with van der Waals surface area (Å²) in [5, 5.41) is 23.8. The number of carbonyl (C=O) groups is 1. The number of H-pyrrole nitrogens is 2. The highest BCUT2D eigenvalue weighted by Gasteiger charge is 2.35. The van der Waals surface area contributed by atoms with Crippen molar-refractivity contribution in [3.8, 4) is 11.6 Å². The number of aromatic nitrogens is 7. The molecule has 0 radical (unpaired) electrons. The normalized spacial score (nSPS) is 15.4. The van der Waals surface area contributed by atoms with Gasteiger partial charge in [0.2, 0.25) is 11.7 Å². The molecule has 0 fully saturated rings. The first-order valence-electron chi connectivity index (χ1n) is 8.70. The second-order valence-corrected chi connectivity index (χ2v) is 7.52. The van der Waals surface area contributed by atoms with E-state index in [-0.39, 0.29) is 17.1 Å². The topological polar surface area (TPSA) is 150 Å². The molecule has 0 spiro atoms. The van der Waals surface area contributed by atoms with E-state index >= 15 is 0 Å². The Kier molecular flexibility index (Phi) is 4.22. The Bertz CT molecular complexity index is 936. The minimum atomic E-state index is -0.502. The number of hydrogen-bond acceptors (Lipinski definition) is 8. The van der Waals surface area contributed by atoms with Crippen molar-refractivity contribution in [2.75, 3.05) is 6.54 Å². The summed E-state index contributed by atoms with van der Waals surface area (Å²) in [6.07, 6.45) is 2.19. The van der Waals surface area contributed by atoms with Crippen LogP contribution < -0.4 is 10.6 Å². The van der Waals surface area contributed by atoms with Crippen LogP contribution in [0.1, 0.15) is 54.4 Å². The van der Waals surface area contributed by atoms with E-state index < -0.39 is 6.04 Å². The van der Waals surface area contributed by atoms with Gasteiger partial charge < -0.3 is 15.2 Å². The predicted molar refractivity (Wildman–Crippen MR) is 93.3 cm³/mol. The largest absolute Gasteiger partial charge is 0.338 e. The maximum absolute atomic E-state index is 12.9. The maximum Gasteiger partial charge on any atom is 0.272 e. The molecule has 0 aromatic carbocycles. The number of rotatable bonds is 4. The van der Waals surface area contributed by atoms with Crippen molar-refractivity contribution >= 4 is 5.91 Å². The molecule has 1 aliphatic rings. The van der Waals surface area contributed by atoms with E-state index in [1.807, 2.05) is 20.8 Å². The van der Waals surface area contributed by atoms with Gasteiger partial charge in [-0.05, 0) is 5.41 Å². The second kappa shape index (κ2) is 6.58. The molecule has 0 aliphatic carbocycles. The monoisotopic (exact) mass is 371 g/mol. The number of fused-ring (bicyclic) bond motifs is 1. The van der Waals surface area contributed by atoms with Crippen LogP contribution >= 0.6 is 0 Å². The van der Waals surface area contributed by atoms with Gasteiger partial charge in [0.15, 0.2) is 11.5 Å². The third-order valence-corrected chi connectivity index (χ3v) is 4.48. The molecule has 11 nitrogen and oxygen atoms in total. The van der Waals surface area contributed by atoms with Crippen LogP contribution in [-0.2, 0) is 13.0 Å². The van der Waals surface area contributed by atoms with Crippen LogP contribution in [0, 0.1) is 5.41 Å². The average molecular weight is 371 g/mol. The van der Waals surface area contributed by atoms with E-state index in [9.17, 15) is 4.79 Å². The Balaban J connectivity index is 1.60. The average Bonchev–Trinajstić information content (AvgIpc) is 3.37. The van der Waals surface area contributed by atoms with Gasteiger partial charge in [0.25, 0.3) is 5.91 Å². The van der Waals surface area contributed by atoms with Crippen LogP contribution in [0.5, 0.6) is 0 Å². The predicted octanol–water partition coefficient (Wildman–Crippen LogP) is 0.741. The van der Waals surface area contributed by atoms with Crippen LogP contribution in [0.3, 0.4) is 0 Å². The smallest absolute Gasteiger partial charge is 0.272 e. The van der Waals surface area contributed by atoms with Crippen molar-refractivity contribution < 1.29 is 9.32 Å². The Morgan fingerprint density at radius 1 is 1.33 bits per heavy atom. The van der Waals surface area contributed by atoms with Gasteiger partial charge in [0, 0.05) is 30.8 Å². The van der Waals surface area contributed by atoms with Crippen molar-refractivity contribution in [3.05, 3.63) is 29.2 Å². The summed E-state index contributed by atoms with van der Waals surface area (Å²) in [7, 11) is 0. The molecule has 3 aromatic rings. The molecule has 1 unspecified atom stereocenters. The van der Waals surface area contributed by atoms with Crippen molar-refractivity contribution in [2.24, 2.45) is 5.41 Å².